The number of hydrogen-bond acceptors (Lipinski definition) is 5. The quantitative estimate of drug-likeness (QED) is 0.707. The first-order valence-corrected chi connectivity index (χ1v) is 8.48. The first kappa shape index (κ1) is 16.9. The van der Waals surface area contributed by atoms with Crippen LogP contribution in [0.1, 0.15) is 12.5 Å². The van der Waals surface area contributed by atoms with Gasteiger partial charge in [-0.2, -0.15) is 5.26 Å². The minimum absolute atomic E-state index is 0.170. The number of nitriles is 1. The van der Waals surface area contributed by atoms with Gasteiger partial charge in [0.15, 0.2) is 0 Å². The molecule has 0 unspecified atom stereocenters. The number of benzene rings is 1. The van der Waals surface area contributed by atoms with E-state index in [0.29, 0.717) is 34.9 Å². The Labute approximate surface area is 154 Å². The lowest BCUT2D eigenvalue weighted by molar-refractivity contribution is 0.341. The van der Waals surface area contributed by atoms with Gasteiger partial charge in [-0.1, -0.05) is 22.0 Å². The third kappa shape index (κ3) is 3.47. The van der Waals surface area contributed by atoms with Gasteiger partial charge in [0.2, 0.25) is 0 Å². The first-order valence-electron chi connectivity index (χ1n) is 7.68. The van der Waals surface area contributed by atoms with Crippen LogP contribution < -0.4 is 10.5 Å². The van der Waals surface area contributed by atoms with E-state index >= 15 is 0 Å². The molecule has 0 aliphatic carbocycles. The molecule has 0 atom stereocenters. The van der Waals surface area contributed by atoms with Gasteiger partial charge >= 0.3 is 0 Å². The monoisotopic (exact) mass is 394 g/mol. The highest BCUT2D eigenvalue weighted by Crippen LogP contribution is 2.37. The van der Waals surface area contributed by atoms with Crippen molar-refractivity contribution in [1.29, 1.82) is 5.26 Å². The molecule has 2 N–H and O–H groups in total. The number of anilines is 1. The number of pyridine rings is 2. The summed E-state index contributed by atoms with van der Waals surface area (Å²) in [5.41, 5.74) is 9.11. The normalized spacial score (nSPS) is 10.3. The van der Waals surface area contributed by atoms with Crippen LogP contribution in [0, 0.1) is 11.3 Å². The zero-order chi connectivity index (χ0) is 17.8. The number of nitrogens with zero attached hydrogens (tertiary/aromatic N) is 3. The largest absolute Gasteiger partial charge is 0.493 e. The van der Waals surface area contributed by atoms with E-state index in [9.17, 15) is 5.26 Å². The summed E-state index contributed by atoms with van der Waals surface area (Å²) >= 11 is 3.48. The molecule has 1 aromatic carbocycles. The molecule has 0 bridgehead atoms. The highest BCUT2D eigenvalue weighted by molar-refractivity contribution is 9.10. The van der Waals surface area contributed by atoms with Gasteiger partial charge in [0.1, 0.15) is 23.2 Å². The maximum absolute atomic E-state index is 9.57. The second-order valence-corrected chi connectivity index (χ2v) is 6.13. The van der Waals surface area contributed by atoms with E-state index in [0.717, 1.165) is 10.0 Å². The molecule has 0 aliphatic heterocycles. The van der Waals surface area contributed by atoms with Gasteiger partial charge in [-0.3, -0.25) is 4.98 Å². The number of halogens is 1. The number of nitrogens with two attached hydrogens (primary N) is 1. The Morgan fingerprint density at radius 3 is 2.68 bits per heavy atom. The highest BCUT2D eigenvalue weighted by Gasteiger charge is 2.17. The first-order chi connectivity index (χ1) is 12.1. The summed E-state index contributed by atoms with van der Waals surface area (Å²) in [6.07, 6.45) is 1.69. The lowest BCUT2D eigenvalue weighted by Gasteiger charge is -2.14. The van der Waals surface area contributed by atoms with E-state index in [-0.39, 0.29) is 5.82 Å². The second-order valence-electron chi connectivity index (χ2n) is 5.22. The Morgan fingerprint density at radius 2 is 2.00 bits per heavy atom. The van der Waals surface area contributed by atoms with Gasteiger partial charge in [0.05, 0.1) is 18.0 Å². The zero-order valence-electron chi connectivity index (χ0n) is 13.5. The lowest BCUT2D eigenvalue weighted by atomic mass is 9.98. The molecule has 0 radical (unpaired) electrons. The molecule has 0 fully saturated rings. The molecule has 124 valence electrons. The predicted molar refractivity (Wildman–Crippen MR) is 101 cm³/mol. The van der Waals surface area contributed by atoms with Crippen LogP contribution in [-0.4, -0.2) is 16.6 Å². The Kier molecular flexibility index (Phi) is 4.96. The molecule has 5 nitrogen and oxygen atoms in total. The summed E-state index contributed by atoms with van der Waals surface area (Å²) in [5.74, 6) is 0.850. The molecule has 0 amide bonds. The van der Waals surface area contributed by atoms with Crippen LogP contribution in [0.5, 0.6) is 5.75 Å². The van der Waals surface area contributed by atoms with E-state index in [2.05, 4.69) is 32.0 Å². The van der Waals surface area contributed by atoms with Crippen LogP contribution in [0.15, 0.2) is 53.1 Å². The van der Waals surface area contributed by atoms with Crippen molar-refractivity contribution in [3.05, 3.63) is 58.7 Å². The van der Waals surface area contributed by atoms with Crippen molar-refractivity contribution in [2.75, 3.05) is 12.3 Å². The molecule has 3 aromatic rings. The molecule has 2 aromatic heterocycles. The van der Waals surface area contributed by atoms with Crippen molar-refractivity contribution >= 4 is 21.7 Å². The molecular weight excluding hydrogens is 380 g/mol. The Balaban J connectivity index is 2.27. The summed E-state index contributed by atoms with van der Waals surface area (Å²) < 4.78 is 6.60. The molecule has 6 heteroatoms. The van der Waals surface area contributed by atoms with E-state index in [1.54, 1.807) is 6.20 Å². The Hall–Kier alpha value is -2.91. The molecule has 0 saturated heterocycles. The second kappa shape index (κ2) is 7.32. The number of ether oxygens (including phenoxy) is 1. The number of aromatic nitrogens is 2. The fraction of sp³-hybridized carbons (Fsp3) is 0.105. The molecule has 0 saturated carbocycles. The predicted octanol–water partition coefficient (Wildman–Crippen LogP) is 4.43. The van der Waals surface area contributed by atoms with Gasteiger partial charge in [-0.25, -0.2) is 4.98 Å². The average molecular weight is 395 g/mol. The minimum atomic E-state index is 0.170. The van der Waals surface area contributed by atoms with Crippen molar-refractivity contribution in [2.24, 2.45) is 0 Å². The maximum Gasteiger partial charge on any atom is 0.142 e. The average Bonchev–Trinajstić information content (AvgIpc) is 2.63. The van der Waals surface area contributed by atoms with Crippen LogP contribution >= 0.6 is 15.9 Å². The SMILES string of the molecule is CCOc1ccc(Br)cc1-c1cc(-c2ccccn2)nc(N)c1C#N. The Bertz CT molecular complexity index is 952. The summed E-state index contributed by atoms with van der Waals surface area (Å²) in [7, 11) is 0. The third-order valence-corrected chi connectivity index (χ3v) is 4.11. The highest BCUT2D eigenvalue weighted by atomic mass is 79.9. The van der Waals surface area contributed by atoms with Crippen LogP contribution in [-0.2, 0) is 0 Å². The minimum Gasteiger partial charge on any atom is -0.493 e. The van der Waals surface area contributed by atoms with Gasteiger partial charge in [0, 0.05) is 21.8 Å². The van der Waals surface area contributed by atoms with E-state index in [1.807, 2.05) is 49.4 Å². The van der Waals surface area contributed by atoms with Crippen molar-refractivity contribution in [3.63, 3.8) is 0 Å². The third-order valence-electron chi connectivity index (χ3n) is 3.62. The smallest absolute Gasteiger partial charge is 0.142 e. The van der Waals surface area contributed by atoms with Gasteiger partial charge < -0.3 is 10.5 Å². The molecule has 0 spiro atoms. The maximum atomic E-state index is 9.57. The zero-order valence-corrected chi connectivity index (χ0v) is 15.1. The summed E-state index contributed by atoms with van der Waals surface area (Å²) in [4.78, 5) is 8.65. The molecule has 25 heavy (non-hydrogen) atoms. The van der Waals surface area contributed by atoms with Gasteiger partial charge in [-0.15, -0.1) is 0 Å². The van der Waals surface area contributed by atoms with Gasteiger partial charge in [-0.05, 0) is 43.3 Å². The molecule has 3 rings (SSSR count). The number of nitrogen functional groups attached to an aromatic ring is 1. The van der Waals surface area contributed by atoms with Crippen LogP contribution in [0.3, 0.4) is 0 Å². The summed E-state index contributed by atoms with van der Waals surface area (Å²) in [5, 5.41) is 9.57. The van der Waals surface area contributed by atoms with Crippen LogP contribution in [0.25, 0.3) is 22.5 Å². The molecule has 2 heterocycles. The Morgan fingerprint density at radius 1 is 1.16 bits per heavy atom. The van der Waals surface area contributed by atoms with Crippen molar-refractivity contribution in [2.45, 2.75) is 6.92 Å². The van der Waals surface area contributed by atoms with Gasteiger partial charge in [0.25, 0.3) is 0 Å². The number of hydrogen-bond donors (Lipinski definition) is 1. The van der Waals surface area contributed by atoms with E-state index in [4.69, 9.17) is 10.5 Å². The van der Waals surface area contributed by atoms with Crippen molar-refractivity contribution < 1.29 is 4.74 Å². The number of rotatable bonds is 4. The van der Waals surface area contributed by atoms with Crippen molar-refractivity contribution in [3.8, 4) is 34.3 Å². The van der Waals surface area contributed by atoms with Crippen molar-refractivity contribution in [1.82, 2.24) is 9.97 Å². The topological polar surface area (TPSA) is 84.8 Å². The van der Waals surface area contributed by atoms with Crippen LogP contribution in [0.4, 0.5) is 5.82 Å². The fourth-order valence-electron chi connectivity index (χ4n) is 2.53. The van der Waals surface area contributed by atoms with E-state index in [1.165, 1.54) is 0 Å². The van der Waals surface area contributed by atoms with Crippen LogP contribution in [0.2, 0.25) is 0 Å². The summed E-state index contributed by atoms with van der Waals surface area (Å²) in [6, 6.07) is 15.2. The molecule has 0 aliphatic rings. The van der Waals surface area contributed by atoms with E-state index < -0.39 is 0 Å². The molecular formula is C19H15BrN4O. The summed E-state index contributed by atoms with van der Waals surface area (Å²) in [6.45, 7) is 2.43. The fourth-order valence-corrected chi connectivity index (χ4v) is 2.90. The standard InChI is InChI=1S/C19H15BrN4O/c1-2-25-18-7-6-12(20)9-14(18)13-10-17(16-5-3-4-8-23-16)24-19(22)15(13)11-21/h3-10H,2H2,1H3,(H2,22,24). The lowest BCUT2D eigenvalue weighted by Crippen LogP contribution is -2.02.